The fraction of sp³-hybridized carbons (Fsp3) is 0. The Kier molecular flexibility index (Phi) is 6.39. The molecule has 3 heteroatoms. The van der Waals surface area contributed by atoms with E-state index < -0.39 is 0 Å². The van der Waals surface area contributed by atoms with Crippen molar-refractivity contribution in [1.82, 2.24) is 4.57 Å². The lowest BCUT2D eigenvalue weighted by atomic mass is 10.0. The second-order valence-corrected chi connectivity index (χ2v) is 13.7. The number of benzene rings is 8. The van der Waals surface area contributed by atoms with E-state index in [1.165, 1.54) is 69.6 Å². The minimum Gasteiger partial charge on any atom is -0.310 e. The molecule has 0 fully saturated rings. The Balaban J connectivity index is 1.14. The van der Waals surface area contributed by atoms with Crippen LogP contribution in [0.2, 0.25) is 0 Å². The summed E-state index contributed by atoms with van der Waals surface area (Å²) in [5.41, 5.74) is 9.35. The van der Waals surface area contributed by atoms with E-state index in [0.717, 1.165) is 17.1 Å². The van der Waals surface area contributed by atoms with Gasteiger partial charge in [0.05, 0.1) is 11.0 Å². The van der Waals surface area contributed by atoms with Crippen LogP contribution < -0.4 is 4.90 Å². The number of nitrogens with zero attached hydrogens (tertiary/aromatic N) is 2. The maximum Gasteiger partial charge on any atom is 0.0547 e. The minimum absolute atomic E-state index is 1.12. The monoisotopic (exact) mass is 642 g/mol. The maximum absolute atomic E-state index is 2.42. The molecule has 2 aromatic heterocycles. The first-order chi connectivity index (χ1) is 24.3. The first kappa shape index (κ1) is 27.9. The molecule has 0 aliphatic rings. The predicted octanol–water partition coefficient (Wildman–Crippen LogP) is 13.4. The second kappa shape index (κ2) is 11.2. The molecule has 0 aliphatic carbocycles. The van der Waals surface area contributed by atoms with Gasteiger partial charge in [0.15, 0.2) is 0 Å². The number of hydrogen-bond acceptors (Lipinski definition) is 2. The normalized spacial score (nSPS) is 11.7. The maximum atomic E-state index is 2.42. The van der Waals surface area contributed by atoms with Crippen molar-refractivity contribution in [3.8, 4) is 16.8 Å². The van der Waals surface area contributed by atoms with Crippen molar-refractivity contribution in [2.24, 2.45) is 0 Å². The van der Waals surface area contributed by atoms with E-state index in [2.05, 4.69) is 191 Å². The van der Waals surface area contributed by atoms with Crippen LogP contribution in [0.1, 0.15) is 0 Å². The van der Waals surface area contributed by atoms with Crippen molar-refractivity contribution in [1.29, 1.82) is 0 Å². The van der Waals surface area contributed by atoms with E-state index in [4.69, 9.17) is 0 Å². The number of rotatable bonds is 5. The van der Waals surface area contributed by atoms with Crippen LogP contribution in [0.25, 0.3) is 69.6 Å². The number of aromatic nitrogens is 1. The highest BCUT2D eigenvalue weighted by Gasteiger charge is 2.17. The Labute approximate surface area is 288 Å². The van der Waals surface area contributed by atoms with Gasteiger partial charge in [-0.2, -0.15) is 0 Å². The number of hydrogen-bond donors (Lipinski definition) is 0. The van der Waals surface area contributed by atoms with Crippen molar-refractivity contribution in [3.05, 3.63) is 182 Å². The molecule has 0 spiro atoms. The van der Waals surface area contributed by atoms with Crippen LogP contribution in [0, 0.1) is 0 Å². The van der Waals surface area contributed by atoms with E-state index >= 15 is 0 Å². The van der Waals surface area contributed by atoms with Gasteiger partial charge in [0, 0.05) is 53.7 Å². The van der Waals surface area contributed by atoms with E-state index in [-0.39, 0.29) is 0 Å². The summed E-state index contributed by atoms with van der Waals surface area (Å²) < 4.78 is 5.04. The summed E-state index contributed by atoms with van der Waals surface area (Å²) in [6.45, 7) is 0. The Bertz CT molecular complexity index is 2840. The lowest BCUT2D eigenvalue weighted by Crippen LogP contribution is -2.09. The summed E-state index contributed by atoms with van der Waals surface area (Å²) in [5, 5.41) is 7.61. The summed E-state index contributed by atoms with van der Waals surface area (Å²) in [7, 11) is 0. The molecule has 0 unspecified atom stereocenters. The number of anilines is 3. The highest BCUT2D eigenvalue weighted by atomic mass is 32.1. The van der Waals surface area contributed by atoms with Crippen molar-refractivity contribution in [2.45, 2.75) is 0 Å². The minimum atomic E-state index is 1.12. The van der Waals surface area contributed by atoms with Crippen molar-refractivity contribution in [3.63, 3.8) is 0 Å². The van der Waals surface area contributed by atoms with Crippen LogP contribution in [-0.2, 0) is 0 Å². The largest absolute Gasteiger partial charge is 0.310 e. The predicted molar refractivity (Wildman–Crippen MR) is 211 cm³/mol. The highest BCUT2D eigenvalue weighted by Crippen LogP contribution is 2.42. The molecule has 2 heterocycles. The van der Waals surface area contributed by atoms with Gasteiger partial charge < -0.3 is 9.47 Å². The molecule has 0 radical (unpaired) electrons. The number of thiophene rings is 1. The quantitative estimate of drug-likeness (QED) is 0.181. The molecule has 0 amide bonds. The molecule has 2 nitrogen and oxygen atoms in total. The van der Waals surface area contributed by atoms with Gasteiger partial charge in [-0.3, -0.25) is 0 Å². The van der Waals surface area contributed by atoms with Crippen molar-refractivity contribution >= 4 is 81.1 Å². The third-order valence-electron chi connectivity index (χ3n) is 9.74. The van der Waals surface area contributed by atoms with Gasteiger partial charge in [-0.15, -0.1) is 11.3 Å². The Morgan fingerprint density at radius 3 is 1.98 bits per heavy atom. The van der Waals surface area contributed by atoms with Crippen LogP contribution >= 0.6 is 11.3 Å². The average Bonchev–Trinajstić information content (AvgIpc) is 3.70. The van der Waals surface area contributed by atoms with E-state index in [1.54, 1.807) is 0 Å². The lowest BCUT2D eigenvalue weighted by Gasteiger charge is -2.26. The van der Waals surface area contributed by atoms with Gasteiger partial charge in [-0.25, -0.2) is 0 Å². The fourth-order valence-corrected chi connectivity index (χ4v) is 8.53. The molecule has 49 heavy (non-hydrogen) atoms. The molecular formula is C46H30N2S. The molecule has 0 atom stereocenters. The third-order valence-corrected chi connectivity index (χ3v) is 10.9. The summed E-state index contributed by atoms with van der Waals surface area (Å²) >= 11 is 1.86. The fourth-order valence-electron chi connectivity index (χ4n) is 7.45. The molecule has 10 aromatic rings. The van der Waals surface area contributed by atoms with E-state index in [9.17, 15) is 0 Å². The summed E-state index contributed by atoms with van der Waals surface area (Å²) in [6.07, 6.45) is 0. The first-order valence-corrected chi connectivity index (χ1v) is 17.5. The molecule has 0 N–H and O–H groups in total. The molecule has 0 aliphatic heterocycles. The smallest absolute Gasteiger partial charge is 0.0547 e. The Morgan fingerprint density at radius 2 is 1.06 bits per heavy atom. The standard InChI is InChI=1S/C46H30N2S/c1-2-14-35(15-3-1)47(38-24-26-46-42(30-38)41-18-7-9-20-45(41)49-46)36-16-10-13-33(28-36)34-22-25-40-39-17-6-8-19-43(39)48(44(40)29-34)37-23-21-31-11-4-5-12-32(31)27-37/h1-30H. The Hall–Kier alpha value is -6.16. The topological polar surface area (TPSA) is 8.17 Å². The van der Waals surface area contributed by atoms with Crippen LogP contribution in [-0.4, -0.2) is 4.57 Å². The van der Waals surface area contributed by atoms with Gasteiger partial charge in [0.1, 0.15) is 0 Å². The summed E-state index contributed by atoms with van der Waals surface area (Å²) in [5.74, 6) is 0. The zero-order chi connectivity index (χ0) is 32.3. The molecule has 0 saturated heterocycles. The van der Waals surface area contributed by atoms with Crippen LogP contribution in [0.4, 0.5) is 17.1 Å². The van der Waals surface area contributed by atoms with Crippen LogP contribution in [0.5, 0.6) is 0 Å². The van der Waals surface area contributed by atoms with Gasteiger partial charge >= 0.3 is 0 Å². The van der Waals surface area contributed by atoms with Gasteiger partial charge in [0.25, 0.3) is 0 Å². The zero-order valence-corrected chi connectivity index (χ0v) is 27.4. The third kappa shape index (κ3) is 4.62. The summed E-state index contributed by atoms with van der Waals surface area (Å²) in [4.78, 5) is 2.37. The van der Waals surface area contributed by atoms with Gasteiger partial charge in [-0.05, 0) is 94.7 Å². The van der Waals surface area contributed by atoms with Crippen molar-refractivity contribution in [2.75, 3.05) is 4.90 Å². The Morgan fingerprint density at radius 1 is 0.367 bits per heavy atom. The molecule has 230 valence electrons. The molecular weight excluding hydrogens is 613 g/mol. The number of fused-ring (bicyclic) bond motifs is 7. The molecule has 0 saturated carbocycles. The van der Waals surface area contributed by atoms with Crippen molar-refractivity contribution < 1.29 is 0 Å². The lowest BCUT2D eigenvalue weighted by molar-refractivity contribution is 1.19. The SMILES string of the molecule is c1ccc(N(c2cccc(-c3ccc4c5ccccc5n(-c5ccc6ccccc6c5)c4c3)c2)c2ccc3sc4ccccc4c3c2)cc1. The van der Waals surface area contributed by atoms with E-state index in [1.807, 2.05) is 11.3 Å². The van der Waals surface area contributed by atoms with E-state index in [0.29, 0.717) is 0 Å². The van der Waals surface area contributed by atoms with Crippen LogP contribution in [0.3, 0.4) is 0 Å². The zero-order valence-electron chi connectivity index (χ0n) is 26.6. The highest BCUT2D eigenvalue weighted by molar-refractivity contribution is 7.25. The average molecular weight is 643 g/mol. The second-order valence-electron chi connectivity index (χ2n) is 12.6. The molecule has 8 aromatic carbocycles. The van der Waals surface area contributed by atoms with Gasteiger partial charge in [0.2, 0.25) is 0 Å². The molecule has 0 bridgehead atoms. The van der Waals surface area contributed by atoms with Crippen LogP contribution in [0.15, 0.2) is 182 Å². The van der Waals surface area contributed by atoms with Gasteiger partial charge in [-0.1, -0.05) is 109 Å². The number of para-hydroxylation sites is 2. The molecule has 10 rings (SSSR count). The first-order valence-electron chi connectivity index (χ1n) is 16.7. The summed E-state index contributed by atoms with van der Waals surface area (Å²) in [6, 6.07) is 66.3.